The third kappa shape index (κ3) is 4.51. The number of fused-ring (bicyclic) bond motifs is 5. The lowest BCUT2D eigenvalue weighted by atomic mass is 9.92. The van der Waals surface area contributed by atoms with Crippen molar-refractivity contribution in [2.75, 3.05) is 10.6 Å². The summed E-state index contributed by atoms with van der Waals surface area (Å²) in [7, 11) is 0. The average molecular weight is 592 g/mol. The van der Waals surface area contributed by atoms with Crippen LogP contribution in [0.25, 0.3) is 55.0 Å². The predicted octanol–water partition coefficient (Wildman–Crippen LogP) is 11.1. The van der Waals surface area contributed by atoms with E-state index in [1.165, 1.54) is 16.3 Å². The molecule has 0 bridgehead atoms. The van der Waals surface area contributed by atoms with Gasteiger partial charge in [-0.1, -0.05) is 127 Å². The van der Waals surface area contributed by atoms with E-state index in [4.69, 9.17) is 9.41 Å². The number of nitrogens with one attached hydrogen (secondary N) is 2. The van der Waals surface area contributed by atoms with Crippen molar-refractivity contribution in [3.63, 3.8) is 0 Å². The van der Waals surface area contributed by atoms with Crippen LogP contribution in [0, 0.1) is 0 Å². The SMILES string of the molecule is c1ccc(-c2ccc(-c3ccc4oc5ccccc5c4c3)cc2)c(NC2=NC(c3cccc4ccccc34)c3ccccc3N2)c1. The Balaban J connectivity index is 1.05. The van der Waals surface area contributed by atoms with Crippen molar-refractivity contribution in [2.24, 2.45) is 4.99 Å². The number of hydrogen-bond acceptors (Lipinski definition) is 4. The van der Waals surface area contributed by atoms with Gasteiger partial charge in [0.15, 0.2) is 0 Å². The Morgan fingerprint density at radius 3 is 2.13 bits per heavy atom. The molecule has 7 aromatic carbocycles. The number of furan rings is 1. The first-order chi connectivity index (χ1) is 22.8. The lowest BCUT2D eigenvalue weighted by molar-refractivity contribution is 0.669. The molecule has 0 aliphatic carbocycles. The van der Waals surface area contributed by atoms with E-state index in [-0.39, 0.29) is 6.04 Å². The van der Waals surface area contributed by atoms with Crippen molar-refractivity contribution in [1.29, 1.82) is 0 Å². The van der Waals surface area contributed by atoms with Gasteiger partial charge < -0.3 is 15.1 Å². The van der Waals surface area contributed by atoms with Crippen molar-refractivity contribution >= 4 is 50.0 Å². The van der Waals surface area contributed by atoms with E-state index in [1.807, 2.05) is 12.1 Å². The highest BCUT2D eigenvalue weighted by Gasteiger charge is 2.24. The van der Waals surface area contributed by atoms with Crippen molar-refractivity contribution < 1.29 is 4.42 Å². The van der Waals surface area contributed by atoms with Gasteiger partial charge in [-0.15, -0.1) is 0 Å². The maximum absolute atomic E-state index is 6.04. The Morgan fingerprint density at radius 2 is 1.20 bits per heavy atom. The second kappa shape index (κ2) is 10.8. The highest BCUT2D eigenvalue weighted by molar-refractivity contribution is 6.08. The van der Waals surface area contributed by atoms with Crippen molar-refractivity contribution in [2.45, 2.75) is 6.04 Å². The average Bonchev–Trinajstić information content (AvgIpc) is 3.49. The molecular weight excluding hydrogens is 562 g/mol. The molecule has 4 nitrogen and oxygen atoms in total. The van der Waals surface area contributed by atoms with E-state index in [1.54, 1.807) is 0 Å². The molecule has 2 heterocycles. The summed E-state index contributed by atoms with van der Waals surface area (Å²) in [5.41, 5.74) is 10.8. The summed E-state index contributed by atoms with van der Waals surface area (Å²) in [5, 5.41) is 11.9. The van der Waals surface area contributed by atoms with Crippen molar-refractivity contribution in [3.8, 4) is 22.3 Å². The van der Waals surface area contributed by atoms with E-state index in [0.717, 1.165) is 67.1 Å². The van der Waals surface area contributed by atoms with E-state index in [9.17, 15) is 0 Å². The fraction of sp³-hybridized carbons (Fsp3) is 0.0238. The van der Waals surface area contributed by atoms with E-state index >= 15 is 0 Å². The minimum Gasteiger partial charge on any atom is -0.456 e. The fourth-order valence-corrected chi connectivity index (χ4v) is 6.72. The second-order valence-corrected chi connectivity index (χ2v) is 11.7. The molecule has 1 unspecified atom stereocenters. The molecule has 1 atom stereocenters. The lowest BCUT2D eigenvalue weighted by Crippen LogP contribution is -2.28. The summed E-state index contributed by atoms with van der Waals surface area (Å²) in [4.78, 5) is 5.26. The van der Waals surface area contributed by atoms with Crippen LogP contribution in [-0.2, 0) is 0 Å². The molecule has 0 radical (unpaired) electrons. The highest BCUT2D eigenvalue weighted by atomic mass is 16.3. The fourth-order valence-electron chi connectivity index (χ4n) is 6.72. The van der Waals surface area contributed by atoms with Gasteiger partial charge in [-0.25, -0.2) is 4.99 Å². The number of guanidine groups is 1. The number of nitrogens with zero attached hydrogens (tertiary/aromatic N) is 1. The molecule has 0 spiro atoms. The quantitative estimate of drug-likeness (QED) is 0.214. The maximum atomic E-state index is 6.04. The van der Waals surface area contributed by atoms with Crippen LogP contribution in [0.15, 0.2) is 167 Å². The zero-order chi connectivity index (χ0) is 30.5. The van der Waals surface area contributed by atoms with Crippen LogP contribution >= 0.6 is 0 Å². The van der Waals surface area contributed by atoms with Gasteiger partial charge in [0.25, 0.3) is 0 Å². The molecule has 0 fully saturated rings. The van der Waals surface area contributed by atoms with Gasteiger partial charge in [0, 0.05) is 33.3 Å². The van der Waals surface area contributed by atoms with Crippen LogP contribution in [0.3, 0.4) is 0 Å². The summed E-state index contributed by atoms with van der Waals surface area (Å²) in [6, 6.07) is 55.1. The number of rotatable bonds is 4. The second-order valence-electron chi connectivity index (χ2n) is 11.7. The van der Waals surface area contributed by atoms with Gasteiger partial charge in [0.05, 0.1) is 0 Å². The number of anilines is 2. The highest BCUT2D eigenvalue weighted by Crippen LogP contribution is 2.39. The lowest BCUT2D eigenvalue weighted by Gasteiger charge is -2.27. The third-order valence-corrected chi connectivity index (χ3v) is 8.97. The molecule has 0 saturated carbocycles. The molecule has 1 aliphatic heterocycles. The van der Waals surface area contributed by atoms with Gasteiger partial charge in [0.2, 0.25) is 5.96 Å². The Hall–Kier alpha value is -6.13. The Kier molecular flexibility index (Phi) is 6.17. The Labute approximate surface area is 266 Å². The Bertz CT molecular complexity index is 2430. The molecule has 0 amide bonds. The summed E-state index contributed by atoms with van der Waals surface area (Å²) < 4.78 is 6.04. The molecule has 1 aromatic heterocycles. The van der Waals surface area contributed by atoms with Crippen LogP contribution in [0.5, 0.6) is 0 Å². The monoisotopic (exact) mass is 591 g/mol. The molecule has 2 N–H and O–H groups in total. The van der Waals surface area contributed by atoms with Crippen LogP contribution in [0.4, 0.5) is 11.4 Å². The molecule has 0 saturated heterocycles. The standard InChI is InChI=1S/C42H29N3O/c1-2-12-31-28(10-1)11-9-16-34(31)41-35-15-4-7-18-38(35)44-42(45-41)43-37-17-6-3-13-32(37)29-22-20-27(21-23-29)30-24-25-40-36(26-30)33-14-5-8-19-39(33)46-40/h1-26,41H,(H2,43,44,45). The van der Waals surface area contributed by atoms with E-state index in [0.29, 0.717) is 0 Å². The summed E-state index contributed by atoms with van der Waals surface area (Å²) >= 11 is 0. The molecule has 1 aliphatic rings. The van der Waals surface area contributed by atoms with Crippen LogP contribution in [0.1, 0.15) is 17.2 Å². The summed E-state index contributed by atoms with van der Waals surface area (Å²) in [5.74, 6) is 0.723. The minimum atomic E-state index is -0.137. The first kappa shape index (κ1) is 26.3. The normalized spacial score (nSPS) is 14.2. The molecular formula is C42H29N3O. The van der Waals surface area contributed by atoms with Crippen LogP contribution in [0.2, 0.25) is 0 Å². The van der Waals surface area contributed by atoms with Gasteiger partial charge in [-0.3, -0.25) is 0 Å². The number of hydrogen-bond donors (Lipinski definition) is 2. The molecule has 46 heavy (non-hydrogen) atoms. The summed E-state index contributed by atoms with van der Waals surface area (Å²) in [6.07, 6.45) is 0. The van der Waals surface area contributed by atoms with Gasteiger partial charge in [-0.05, 0) is 63.4 Å². The molecule has 218 valence electrons. The predicted molar refractivity (Wildman–Crippen MR) is 192 cm³/mol. The van der Waals surface area contributed by atoms with Crippen LogP contribution < -0.4 is 10.6 Å². The molecule has 9 rings (SSSR count). The minimum absolute atomic E-state index is 0.137. The van der Waals surface area contributed by atoms with E-state index < -0.39 is 0 Å². The topological polar surface area (TPSA) is 49.6 Å². The molecule has 8 aromatic rings. The smallest absolute Gasteiger partial charge is 0.201 e. The maximum Gasteiger partial charge on any atom is 0.201 e. The third-order valence-electron chi connectivity index (χ3n) is 8.97. The number of benzene rings is 7. The Morgan fingerprint density at radius 1 is 0.522 bits per heavy atom. The van der Waals surface area contributed by atoms with Crippen molar-refractivity contribution in [1.82, 2.24) is 0 Å². The van der Waals surface area contributed by atoms with Crippen molar-refractivity contribution in [3.05, 3.63) is 169 Å². The largest absolute Gasteiger partial charge is 0.456 e. The van der Waals surface area contributed by atoms with Gasteiger partial charge >= 0.3 is 0 Å². The first-order valence-corrected chi connectivity index (χ1v) is 15.6. The van der Waals surface area contributed by atoms with Gasteiger partial charge in [-0.2, -0.15) is 0 Å². The number of para-hydroxylation sites is 3. The summed E-state index contributed by atoms with van der Waals surface area (Å²) in [6.45, 7) is 0. The van der Waals surface area contributed by atoms with Gasteiger partial charge in [0.1, 0.15) is 17.2 Å². The van der Waals surface area contributed by atoms with E-state index in [2.05, 4.69) is 156 Å². The zero-order valence-corrected chi connectivity index (χ0v) is 24.9. The zero-order valence-electron chi connectivity index (χ0n) is 24.9. The number of aliphatic imine (C=N–C) groups is 1. The first-order valence-electron chi connectivity index (χ1n) is 15.6. The van der Waals surface area contributed by atoms with Crippen LogP contribution in [-0.4, -0.2) is 5.96 Å². The molecule has 4 heteroatoms.